The van der Waals surface area contributed by atoms with Crippen LogP contribution < -0.4 is 16.0 Å². The molecule has 1 aromatic carbocycles. The molecule has 0 saturated carbocycles. The van der Waals surface area contributed by atoms with Gasteiger partial charge in [0.05, 0.1) is 6.04 Å². The zero-order chi connectivity index (χ0) is 17.5. The summed E-state index contributed by atoms with van der Waals surface area (Å²) in [5.74, 6) is -0.0844. The highest BCUT2D eigenvalue weighted by Gasteiger charge is 2.30. The molecule has 5 nitrogen and oxygen atoms in total. The first-order valence-electron chi connectivity index (χ1n) is 8.95. The van der Waals surface area contributed by atoms with Gasteiger partial charge in [-0.3, -0.25) is 9.59 Å². The van der Waals surface area contributed by atoms with Crippen molar-refractivity contribution in [3.05, 3.63) is 35.4 Å². The summed E-state index contributed by atoms with van der Waals surface area (Å²) in [5.41, 5.74) is 2.44. The van der Waals surface area contributed by atoms with Gasteiger partial charge in [-0.1, -0.05) is 51.5 Å². The van der Waals surface area contributed by atoms with Crippen LogP contribution in [0.1, 0.15) is 44.7 Å². The van der Waals surface area contributed by atoms with Crippen molar-refractivity contribution in [1.29, 1.82) is 0 Å². The van der Waals surface area contributed by atoms with Crippen LogP contribution in [-0.2, 0) is 22.6 Å². The number of nitrogens with one attached hydrogen (secondary N) is 3. The summed E-state index contributed by atoms with van der Waals surface area (Å²) in [6.07, 6.45) is 2.38. The Morgan fingerprint density at radius 3 is 2.56 bits per heavy atom. The van der Waals surface area contributed by atoms with E-state index < -0.39 is 6.04 Å². The molecule has 25 heavy (non-hydrogen) atoms. The molecule has 0 spiro atoms. The van der Waals surface area contributed by atoms with Crippen molar-refractivity contribution < 1.29 is 9.59 Å². The van der Waals surface area contributed by atoms with E-state index in [0.717, 1.165) is 12.8 Å². The van der Waals surface area contributed by atoms with E-state index in [0.29, 0.717) is 19.5 Å². The molecule has 3 N–H and O–H groups in total. The number of fused-ring (bicyclic) bond motifs is 1. The Hall–Kier alpha value is -1.59. The third-order valence-corrected chi connectivity index (χ3v) is 4.74. The summed E-state index contributed by atoms with van der Waals surface area (Å²) in [6.45, 7) is 7.37. The predicted molar refractivity (Wildman–Crippen MR) is 103 cm³/mol. The Morgan fingerprint density at radius 1 is 1.24 bits per heavy atom. The van der Waals surface area contributed by atoms with Crippen LogP contribution in [0.4, 0.5) is 0 Å². The quantitative estimate of drug-likeness (QED) is 0.691. The summed E-state index contributed by atoms with van der Waals surface area (Å²) in [5, 5.41) is 9.14. The monoisotopic (exact) mass is 367 g/mol. The van der Waals surface area contributed by atoms with Gasteiger partial charge in [0.15, 0.2) is 0 Å². The number of rotatable bonds is 7. The van der Waals surface area contributed by atoms with Crippen LogP contribution in [0.15, 0.2) is 24.3 Å². The van der Waals surface area contributed by atoms with E-state index in [2.05, 4.69) is 28.1 Å². The van der Waals surface area contributed by atoms with Gasteiger partial charge in [-0.05, 0) is 29.9 Å². The molecule has 0 aliphatic carbocycles. The van der Waals surface area contributed by atoms with Crippen LogP contribution in [0.3, 0.4) is 0 Å². The molecule has 0 aromatic heterocycles. The molecule has 1 aliphatic heterocycles. The van der Waals surface area contributed by atoms with E-state index >= 15 is 0 Å². The van der Waals surface area contributed by atoms with Crippen molar-refractivity contribution >= 4 is 24.2 Å². The van der Waals surface area contributed by atoms with E-state index in [9.17, 15) is 9.59 Å². The molecule has 3 atom stereocenters. The Bertz CT molecular complexity index is 580. The van der Waals surface area contributed by atoms with Crippen molar-refractivity contribution in [3.8, 4) is 0 Å². The van der Waals surface area contributed by atoms with Gasteiger partial charge in [0.2, 0.25) is 11.8 Å². The van der Waals surface area contributed by atoms with Gasteiger partial charge in [0.25, 0.3) is 0 Å². The zero-order valence-electron chi connectivity index (χ0n) is 15.3. The second kappa shape index (κ2) is 10.4. The standard InChI is InChI=1S/C19H29N3O2.ClH/c1-4-10-20-19(24)17(13(3)5-2)22-18(23)16-11-14-8-6-7-9-15(14)12-21-16;/h6-9,13,16-17,21H,4-5,10-12H2,1-3H3,(H,20,24)(H,22,23);1H. The first-order chi connectivity index (χ1) is 11.6. The molecule has 0 fully saturated rings. The van der Waals surface area contributed by atoms with Gasteiger partial charge in [0, 0.05) is 13.1 Å². The first kappa shape index (κ1) is 21.5. The maximum Gasteiger partial charge on any atom is 0.242 e. The zero-order valence-corrected chi connectivity index (χ0v) is 16.1. The van der Waals surface area contributed by atoms with Crippen LogP contribution in [0.2, 0.25) is 0 Å². The fourth-order valence-electron chi connectivity index (χ4n) is 2.95. The highest BCUT2D eigenvalue weighted by molar-refractivity contribution is 5.90. The molecule has 0 bridgehead atoms. The molecule has 140 valence electrons. The Balaban J connectivity index is 0.00000312. The van der Waals surface area contributed by atoms with Crippen molar-refractivity contribution in [3.63, 3.8) is 0 Å². The van der Waals surface area contributed by atoms with E-state index in [1.165, 1.54) is 11.1 Å². The molecule has 1 aliphatic rings. The SMILES string of the molecule is CCCNC(=O)C(NC(=O)C1Cc2ccccc2CN1)C(C)CC.Cl. The molecule has 2 rings (SSSR count). The molecule has 1 heterocycles. The molecule has 3 unspecified atom stereocenters. The lowest BCUT2D eigenvalue weighted by molar-refractivity contribution is -0.131. The van der Waals surface area contributed by atoms with E-state index in [1.807, 2.05) is 32.9 Å². The Morgan fingerprint density at radius 2 is 1.92 bits per heavy atom. The smallest absolute Gasteiger partial charge is 0.242 e. The maximum atomic E-state index is 12.7. The highest BCUT2D eigenvalue weighted by atomic mass is 35.5. The van der Waals surface area contributed by atoms with Gasteiger partial charge in [-0.15, -0.1) is 12.4 Å². The summed E-state index contributed by atoms with van der Waals surface area (Å²) >= 11 is 0. The number of hydrogen-bond acceptors (Lipinski definition) is 3. The lowest BCUT2D eigenvalue weighted by Crippen LogP contribution is -2.56. The van der Waals surface area contributed by atoms with Gasteiger partial charge in [-0.25, -0.2) is 0 Å². The minimum atomic E-state index is -0.479. The number of carbonyl (C=O) groups excluding carboxylic acids is 2. The van der Waals surface area contributed by atoms with Gasteiger partial charge < -0.3 is 16.0 Å². The van der Waals surface area contributed by atoms with Crippen LogP contribution in [0.25, 0.3) is 0 Å². The van der Waals surface area contributed by atoms with Crippen LogP contribution in [0, 0.1) is 5.92 Å². The number of halogens is 1. The predicted octanol–water partition coefficient (Wildman–Crippen LogP) is 2.18. The van der Waals surface area contributed by atoms with Gasteiger partial charge >= 0.3 is 0 Å². The fourth-order valence-corrected chi connectivity index (χ4v) is 2.95. The van der Waals surface area contributed by atoms with E-state index in [-0.39, 0.29) is 36.2 Å². The van der Waals surface area contributed by atoms with Crippen molar-refractivity contribution in [1.82, 2.24) is 16.0 Å². The van der Waals surface area contributed by atoms with Crippen molar-refractivity contribution in [2.75, 3.05) is 6.54 Å². The van der Waals surface area contributed by atoms with Gasteiger partial charge in [0.1, 0.15) is 6.04 Å². The number of carbonyl (C=O) groups is 2. The van der Waals surface area contributed by atoms with Crippen LogP contribution >= 0.6 is 12.4 Å². The van der Waals surface area contributed by atoms with Crippen molar-refractivity contribution in [2.45, 2.75) is 58.7 Å². The second-order valence-electron chi connectivity index (χ2n) is 6.57. The fraction of sp³-hybridized carbons (Fsp3) is 0.579. The van der Waals surface area contributed by atoms with E-state index in [4.69, 9.17) is 0 Å². The number of benzene rings is 1. The average Bonchev–Trinajstić information content (AvgIpc) is 2.62. The number of amides is 2. The minimum Gasteiger partial charge on any atom is -0.354 e. The summed E-state index contributed by atoms with van der Waals surface area (Å²) < 4.78 is 0. The third kappa shape index (κ3) is 5.72. The van der Waals surface area contributed by atoms with Crippen molar-refractivity contribution in [2.24, 2.45) is 5.92 Å². The normalized spacial score (nSPS) is 18.3. The maximum absolute atomic E-state index is 12.7. The highest BCUT2D eigenvalue weighted by Crippen LogP contribution is 2.17. The minimum absolute atomic E-state index is 0. The number of hydrogen-bond donors (Lipinski definition) is 3. The lowest BCUT2D eigenvalue weighted by atomic mass is 9.94. The Kier molecular flexibility index (Phi) is 8.93. The first-order valence-corrected chi connectivity index (χ1v) is 8.95. The average molecular weight is 368 g/mol. The van der Waals surface area contributed by atoms with E-state index in [1.54, 1.807) is 0 Å². The lowest BCUT2D eigenvalue weighted by Gasteiger charge is -2.29. The summed E-state index contributed by atoms with van der Waals surface area (Å²) in [4.78, 5) is 25.0. The molecule has 2 amide bonds. The topological polar surface area (TPSA) is 70.2 Å². The third-order valence-electron chi connectivity index (χ3n) is 4.74. The molecule has 1 aromatic rings. The summed E-state index contributed by atoms with van der Waals surface area (Å²) in [7, 11) is 0. The van der Waals surface area contributed by atoms with Gasteiger partial charge in [-0.2, -0.15) is 0 Å². The second-order valence-corrected chi connectivity index (χ2v) is 6.57. The molecule has 0 saturated heterocycles. The van der Waals surface area contributed by atoms with Crippen LogP contribution in [0.5, 0.6) is 0 Å². The van der Waals surface area contributed by atoms with Crippen LogP contribution in [-0.4, -0.2) is 30.4 Å². The molecular formula is C19H30ClN3O2. The molecule has 0 radical (unpaired) electrons. The largest absolute Gasteiger partial charge is 0.354 e. The Labute approximate surface area is 156 Å². The summed E-state index contributed by atoms with van der Waals surface area (Å²) in [6, 6.07) is 7.39. The molecule has 6 heteroatoms. The molecular weight excluding hydrogens is 338 g/mol.